The Morgan fingerprint density at radius 3 is 2.62 bits per heavy atom. The van der Waals surface area contributed by atoms with Crippen molar-refractivity contribution in [3.05, 3.63) is 34.9 Å². The molecule has 2 rings (SSSR count). The Labute approximate surface area is 131 Å². The van der Waals surface area contributed by atoms with E-state index in [0.29, 0.717) is 11.6 Å². The van der Waals surface area contributed by atoms with Gasteiger partial charge in [-0.15, -0.1) is 0 Å². The molecule has 5 nitrogen and oxygen atoms in total. The van der Waals surface area contributed by atoms with E-state index in [1.807, 2.05) is 0 Å². The monoisotopic (exact) mass is 331 g/mol. The van der Waals surface area contributed by atoms with E-state index in [1.54, 1.807) is 24.3 Å². The maximum atomic E-state index is 11.9. The third kappa shape index (κ3) is 5.56. The van der Waals surface area contributed by atoms with Crippen molar-refractivity contribution < 1.29 is 8.42 Å². The molecule has 21 heavy (non-hydrogen) atoms. The molecule has 0 saturated carbocycles. The van der Waals surface area contributed by atoms with Gasteiger partial charge in [-0.25, -0.2) is 4.72 Å². The van der Waals surface area contributed by atoms with E-state index < -0.39 is 10.2 Å². The van der Waals surface area contributed by atoms with Crippen LogP contribution in [0.2, 0.25) is 5.02 Å². The smallest absolute Gasteiger partial charge is 0.277 e. The second-order valence-corrected chi connectivity index (χ2v) is 7.71. The Balaban J connectivity index is 1.75. The van der Waals surface area contributed by atoms with Crippen molar-refractivity contribution in [2.24, 2.45) is 0 Å². The largest absolute Gasteiger partial charge is 0.311 e. The fourth-order valence-corrected chi connectivity index (χ4v) is 3.42. The normalized spacial score (nSPS) is 22.6. The van der Waals surface area contributed by atoms with Crippen LogP contribution < -0.4 is 14.8 Å². The lowest BCUT2D eigenvalue weighted by atomic mass is 9.96. The SMILES string of the molecule is C[C@@]1(CCNS(=O)(=O)NCc2ccc(Cl)cc2)CCCN1. The van der Waals surface area contributed by atoms with Gasteiger partial charge in [0.25, 0.3) is 10.2 Å². The van der Waals surface area contributed by atoms with Crippen LogP contribution in [0.25, 0.3) is 0 Å². The Bertz CT molecular complexity index is 554. The summed E-state index contributed by atoms with van der Waals surface area (Å²) in [6.07, 6.45) is 3.03. The fourth-order valence-electron chi connectivity index (χ4n) is 2.46. The molecule has 118 valence electrons. The predicted octanol–water partition coefficient (Wildman–Crippen LogP) is 1.80. The molecule has 1 aromatic rings. The highest BCUT2D eigenvalue weighted by Crippen LogP contribution is 2.21. The van der Waals surface area contributed by atoms with Gasteiger partial charge in [-0.05, 0) is 50.4 Å². The number of nitrogens with one attached hydrogen (secondary N) is 3. The van der Waals surface area contributed by atoms with Gasteiger partial charge < -0.3 is 5.32 Å². The van der Waals surface area contributed by atoms with E-state index in [0.717, 1.165) is 31.4 Å². The summed E-state index contributed by atoms with van der Waals surface area (Å²) in [6.45, 7) is 3.83. The van der Waals surface area contributed by atoms with Crippen molar-refractivity contribution in [1.82, 2.24) is 14.8 Å². The number of rotatable bonds is 7. The first kappa shape index (κ1) is 16.7. The molecule has 0 bridgehead atoms. The Morgan fingerprint density at radius 2 is 2.00 bits per heavy atom. The van der Waals surface area contributed by atoms with E-state index in [1.165, 1.54) is 0 Å². The van der Waals surface area contributed by atoms with Crippen LogP contribution in [0, 0.1) is 0 Å². The van der Waals surface area contributed by atoms with Gasteiger partial charge in [-0.1, -0.05) is 23.7 Å². The summed E-state index contributed by atoms with van der Waals surface area (Å²) in [5, 5.41) is 4.05. The second kappa shape index (κ2) is 7.07. The molecule has 0 aromatic heterocycles. The predicted molar refractivity (Wildman–Crippen MR) is 85.5 cm³/mol. The van der Waals surface area contributed by atoms with Crippen molar-refractivity contribution in [1.29, 1.82) is 0 Å². The van der Waals surface area contributed by atoms with E-state index in [4.69, 9.17) is 11.6 Å². The summed E-state index contributed by atoms with van der Waals surface area (Å²) in [5.41, 5.74) is 0.924. The molecule has 1 atom stereocenters. The third-order valence-electron chi connectivity index (χ3n) is 3.81. The quantitative estimate of drug-likeness (QED) is 0.713. The first-order valence-corrected chi connectivity index (χ1v) is 8.98. The maximum Gasteiger partial charge on any atom is 0.277 e. The van der Waals surface area contributed by atoms with Gasteiger partial charge in [0.05, 0.1) is 0 Å². The summed E-state index contributed by atoms with van der Waals surface area (Å²) in [7, 11) is -3.47. The minimum atomic E-state index is -3.47. The Morgan fingerprint density at radius 1 is 1.29 bits per heavy atom. The summed E-state index contributed by atoms with van der Waals surface area (Å²) in [4.78, 5) is 0. The number of halogens is 1. The molecular weight excluding hydrogens is 310 g/mol. The van der Waals surface area contributed by atoms with Crippen LogP contribution in [-0.2, 0) is 16.8 Å². The van der Waals surface area contributed by atoms with Gasteiger partial charge >= 0.3 is 0 Å². The molecule has 0 spiro atoms. The first-order chi connectivity index (χ1) is 9.89. The van der Waals surface area contributed by atoms with E-state index in [-0.39, 0.29) is 12.1 Å². The third-order valence-corrected chi connectivity index (χ3v) is 5.17. The van der Waals surface area contributed by atoms with Gasteiger partial charge in [-0.2, -0.15) is 13.1 Å². The van der Waals surface area contributed by atoms with E-state index >= 15 is 0 Å². The molecule has 0 amide bonds. The average molecular weight is 332 g/mol. The van der Waals surface area contributed by atoms with Crippen molar-refractivity contribution >= 4 is 21.8 Å². The highest BCUT2D eigenvalue weighted by Gasteiger charge is 2.27. The minimum Gasteiger partial charge on any atom is -0.311 e. The molecule has 1 saturated heterocycles. The minimum absolute atomic E-state index is 0.0543. The van der Waals surface area contributed by atoms with Crippen molar-refractivity contribution in [3.63, 3.8) is 0 Å². The second-order valence-electron chi connectivity index (χ2n) is 5.69. The molecule has 0 radical (unpaired) electrons. The lowest BCUT2D eigenvalue weighted by molar-refractivity contribution is 0.384. The van der Waals surface area contributed by atoms with Gasteiger partial charge in [0.1, 0.15) is 0 Å². The van der Waals surface area contributed by atoms with Crippen LogP contribution in [0.3, 0.4) is 0 Å². The molecule has 3 N–H and O–H groups in total. The molecule has 7 heteroatoms. The van der Waals surface area contributed by atoms with Crippen molar-refractivity contribution in [2.45, 2.75) is 38.3 Å². The number of hydrogen-bond acceptors (Lipinski definition) is 3. The van der Waals surface area contributed by atoms with Crippen molar-refractivity contribution in [3.8, 4) is 0 Å². The molecule has 1 aromatic carbocycles. The van der Waals surface area contributed by atoms with Gasteiger partial charge in [-0.3, -0.25) is 0 Å². The first-order valence-electron chi connectivity index (χ1n) is 7.12. The fraction of sp³-hybridized carbons (Fsp3) is 0.571. The van der Waals surface area contributed by atoms with Crippen LogP contribution in [0.4, 0.5) is 0 Å². The zero-order valence-corrected chi connectivity index (χ0v) is 13.7. The highest BCUT2D eigenvalue weighted by molar-refractivity contribution is 7.87. The molecule has 1 heterocycles. The zero-order valence-electron chi connectivity index (χ0n) is 12.2. The van der Waals surface area contributed by atoms with Crippen LogP contribution in [0.15, 0.2) is 24.3 Å². The molecule has 0 unspecified atom stereocenters. The molecular formula is C14H22ClN3O2S. The average Bonchev–Trinajstić information content (AvgIpc) is 2.85. The highest BCUT2D eigenvalue weighted by atomic mass is 35.5. The van der Waals surface area contributed by atoms with E-state index in [2.05, 4.69) is 21.7 Å². The Hall–Kier alpha value is -0.660. The zero-order chi connectivity index (χ0) is 15.3. The standard InChI is InChI=1S/C14H22ClN3O2S/c1-14(7-2-9-16-14)8-10-17-21(19,20)18-11-12-3-5-13(15)6-4-12/h3-6,16-18H,2,7-11H2,1H3/t14-/m0/s1. The van der Waals surface area contributed by atoms with Crippen LogP contribution >= 0.6 is 11.6 Å². The lowest BCUT2D eigenvalue weighted by Crippen LogP contribution is -2.42. The molecule has 1 aliphatic heterocycles. The molecule has 1 aliphatic rings. The summed E-state index contributed by atoms with van der Waals surface area (Å²) in [6, 6.07) is 7.08. The van der Waals surface area contributed by atoms with Gasteiger partial charge in [0.2, 0.25) is 0 Å². The van der Waals surface area contributed by atoms with Crippen LogP contribution in [0.5, 0.6) is 0 Å². The van der Waals surface area contributed by atoms with Crippen LogP contribution in [-0.4, -0.2) is 27.0 Å². The number of benzene rings is 1. The van der Waals surface area contributed by atoms with Gasteiger partial charge in [0.15, 0.2) is 0 Å². The summed E-state index contributed by atoms with van der Waals surface area (Å²) >= 11 is 5.79. The maximum absolute atomic E-state index is 11.9. The Kier molecular flexibility index (Phi) is 5.62. The molecule has 1 fully saturated rings. The van der Waals surface area contributed by atoms with Crippen LogP contribution in [0.1, 0.15) is 31.7 Å². The topological polar surface area (TPSA) is 70.2 Å². The van der Waals surface area contributed by atoms with E-state index in [9.17, 15) is 8.42 Å². The summed E-state index contributed by atoms with van der Waals surface area (Å²) < 4.78 is 28.9. The summed E-state index contributed by atoms with van der Waals surface area (Å²) in [5.74, 6) is 0. The molecule has 0 aliphatic carbocycles. The van der Waals surface area contributed by atoms with Crippen molar-refractivity contribution in [2.75, 3.05) is 13.1 Å². The lowest BCUT2D eigenvalue weighted by Gasteiger charge is -2.24. The van der Waals surface area contributed by atoms with Gasteiger partial charge in [0, 0.05) is 23.7 Å². The number of hydrogen-bond donors (Lipinski definition) is 3.